The second kappa shape index (κ2) is 8.71. The monoisotopic (exact) mass is 423 g/mol. The average molecular weight is 424 g/mol. The number of aryl methyl sites for hydroxylation is 3. The summed E-state index contributed by atoms with van der Waals surface area (Å²) >= 11 is 5.66. The van der Waals surface area contributed by atoms with Crippen LogP contribution in [0.3, 0.4) is 0 Å². The van der Waals surface area contributed by atoms with Gasteiger partial charge in [-0.25, -0.2) is 0 Å². The summed E-state index contributed by atoms with van der Waals surface area (Å²) in [7, 11) is 2.02. The van der Waals surface area contributed by atoms with E-state index < -0.39 is 0 Å². The summed E-state index contributed by atoms with van der Waals surface area (Å²) in [6, 6.07) is 14.4. The largest absolute Gasteiger partial charge is 0.324 e. The number of anilines is 1. The maximum Gasteiger partial charge on any atom is 0.238 e. The zero-order chi connectivity index (χ0) is 21.3. The number of carbonyl (C=O) groups is 1. The third kappa shape index (κ3) is 4.19. The first kappa shape index (κ1) is 20.8. The summed E-state index contributed by atoms with van der Waals surface area (Å²) < 4.78 is 5.11. The average Bonchev–Trinajstić information content (AvgIpc) is 2.97. The number of hydrogen-bond acceptors (Lipinski definition) is 4. The Balaban J connectivity index is 1.34. The zero-order valence-electron chi connectivity index (χ0n) is 17.9. The lowest BCUT2D eigenvalue weighted by Gasteiger charge is -2.34. The van der Waals surface area contributed by atoms with Crippen LogP contribution in [0.5, 0.6) is 0 Å². The van der Waals surface area contributed by atoms with Gasteiger partial charge in [-0.3, -0.25) is 14.6 Å². The fraction of sp³-hybridized carbons (Fsp3) is 0.391. The van der Waals surface area contributed by atoms with Gasteiger partial charge in [0.2, 0.25) is 5.91 Å². The third-order valence-electron chi connectivity index (χ3n) is 5.97. The van der Waals surface area contributed by atoms with E-state index in [0.717, 1.165) is 59.9 Å². The van der Waals surface area contributed by atoms with Crippen molar-refractivity contribution in [2.24, 2.45) is 7.05 Å². The zero-order valence-corrected chi connectivity index (χ0v) is 18.7. The molecule has 2 aromatic carbocycles. The van der Waals surface area contributed by atoms with E-state index in [9.17, 15) is 4.79 Å². The molecule has 4 rings (SSSR count). The van der Waals surface area contributed by atoms with Crippen LogP contribution in [-0.2, 0) is 18.5 Å². The minimum absolute atomic E-state index is 0.0529. The summed E-state index contributed by atoms with van der Waals surface area (Å²) in [5.74, 6) is 0.0529. The van der Waals surface area contributed by atoms with Gasteiger partial charge in [-0.1, -0.05) is 30.3 Å². The smallest absolute Gasteiger partial charge is 0.238 e. The van der Waals surface area contributed by atoms with E-state index in [0.29, 0.717) is 6.54 Å². The Morgan fingerprint density at radius 2 is 1.53 bits per heavy atom. The molecule has 1 fully saturated rings. The first-order valence-corrected chi connectivity index (χ1v) is 10.8. The van der Waals surface area contributed by atoms with Gasteiger partial charge >= 0.3 is 0 Å². The van der Waals surface area contributed by atoms with Crippen molar-refractivity contribution in [2.75, 3.05) is 38.0 Å². The molecule has 0 aliphatic carbocycles. The van der Waals surface area contributed by atoms with Crippen molar-refractivity contribution in [3.63, 3.8) is 0 Å². The van der Waals surface area contributed by atoms with Gasteiger partial charge in [0.25, 0.3) is 0 Å². The quantitative estimate of drug-likeness (QED) is 0.638. The van der Waals surface area contributed by atoms with Gasteiger partial charge in [0.05, 0.1) is 24.2 Å². The molecular weight excluding hydrogens is 394 g/mol. The maximum absolute atomic E-state index is 12.6. The van der Waals surface area contributed by atoms with Crippen molar-refractivity contribution in [2.45, 2.75) is 20.5 Å². The van der Waals surface area contributed by atoms with Crippen LogP contribution in [0, 0.1) is 18.6 Å². The Bertz CT molecular complexity index is 1100. The molecule has 1 aromatic heterocycles. The Labute approximate surface area is 182 Å². The van der Waals surface area contributed by atoms with Crippen molar-refractivity contribution in [3.8, 4) is 0 Å². The standard InChI is InChI=1S/C23H29N5OS/c1-17-7-6-8-18(2)22(17)24-21(29)15-26-11-13-27(14-12-26)16-28-20-10-5-4-9-19(20)25(3)23(28)30/h4-10H,11-16H2,1-3H3,(H,24,29). The molecule has 0 atom stereocenters. The van der Waals surface area contributed by atoms with Crippen LogP contribution in [0.25, 0.3) is 11.0 Å². The molecule has 1 aliphatic heterocycles. The molecule has 1 saturated heterocycles. The van der Waals surface area contributed by atoms with Gasteiger partial charge in [0.1, 0.15) is 0 Å². The Morgan fingerprint density at radius 3 is 2.20 bits per heavy atom. The predicted molar refractivity (Wildman–Crippen MR) is 124 cm³/mol. The SMILES string of the molecule is Cc1cccc(C)c1NC(=O)CN1CCN(Cn2c(=S)n(C)c3ccccc32)CC1. The molecular formula is C23H29N5OS. The number of aromatic nitrogens is 2. The molecule has 2 heterocycles. The highest BCUT2D eigenvalue weighted by Gasteiger charge is 2.20. The van der Waals surface area contributed by atoms with Gasteiger partial charge < -0.3 is 14.5 Å². The molecule has 3 aromatic rings. The van der Waals surface area contributed by atoms with Crippen LogP contribution in [-0.4, -0.2) is 57.6 Å². The lowest BCUT2D eigenvalue weighted by atomic mass is 10.1. The topological polar surface area (TPSA) is 45.4 Å². The molecule has 0 radical (unpaired) electrons. The lowest BCUT2D eigenvalue weighted by Crippen LogP contribution is -2.48. The van der Waals surface area contributed by atoms with E-state index >= 15 is 0 Å². The van der Waals surface area contributed by atoms with E-state index in [4.69, 9.17) is 12.2 Å². The molecule has 158 valence electrons. The summed E-state index contributed by atoms with van der Waals surface area (Å²) in [6.45, 7) is 8.84. The molecule has 6 nitrogen and oxygen atoms in total. The molecule has 0 bridgehead atoms. The van der Waals surface area contributed by atoms with E-state index in [-0.39, 0.29) is 5.91 Å². The van der Waals surface area contributed by atoms with Crippen LogP contribution >= 0.6 is 12.2 Å². The van der Waals surface area contributed by atoms with Gasteiger partial charge in [-0.2, -0.15) is 0 Å². The van der Waals surface area contributed by atoms with E-state index in [1.165, 1.54) is 5.52 Å². The summed E-state index contributed by atoms with van der Waals surface area (Å²) in [5, 5.41) is 3.09. The highest BCUT2D eigenvalue weighted by Crippen LogP contribution is 2.20. The van der Waals surface area contributed by atoms with Crippen LogP contribution < -0.4 is 5.32 Å². The third-order valence-corrected chi connectivity index (χ3v) is 6.47. The van der Waals surface area contributed by atoms with E-state index in [1.54, 1.807) is 0 Å². The van der Waals surface area contributed by atoms with Crippen LogP contribution in [0.2, 0.25) is 0 Å². The Kier molecular flexibility index (Phi) is 6.04. The van der Waals surface area contributed by atoms with Crippen molar-refractivity contribution >= 4 is 34.8 Å². The molecule has 30 heavy (non-hydrogen) atoms. The number of hydrogen-bond donors (Lipinski definition) is 1. The molecule has 0 spiro atoms. The first-order chi connectivity index (χ1) is 14.4. The number of amides is 1. The van der Waals surface area contributed by atoms with Crippen molar-refractivity contribution in [1.29, 1.82) is 0 Å². The number of carbonyl (C=O) groups excluding carboxylic acids is 1. The molecule has 0 saturated carbocycles. The minimum atomic E-state index is 0.0529. The molecule has 1 amide bonds. The Hall–Kier alpha value is -2.48. The number of fused-ring (bicyclic) bond motifs is 1. The highest BCUT2D eigenvalue weighted by atomic mass is 32.1. The fourth-order valence-electron chi connectivity index (χ4n) is 4.18. The molecule has 7 heteroatoms. The van der Waals surface area contributed by atoms with Crippen molar-refractivity contribution in [3.05, 3.63) is 58.4 Å². The normalized spacial score (nSPS) is 15.6. The van der Waals surface area contributed by atoms with Crippen LogP contribution in [0.15, 0.2) is 42.5 Å². The Morgan fingerprint density at radius 1 is 0.933 bits per heavy atom. The second-order valence-electron chi connectivity index (χ2n) is 8.11. The second-order valence-corrected chi connectivity index (χ2v) is 8.47. The summed E-state index contributed by atoms with van der Waals surface area (Å²) in [4.78, 5) is 17.2. The van der Waals surface area contributed by atoms with Crippen molar-refractivity contribution < 1.29 is 4.79 Å². The number of rotatable bonds is 5. The molecule has 0 unspecified atom stereocenters. The lowest BCUT2D eigenvalue weighted by molar-refractivity contribution is -0.117. The van der Waals surface area contributed by atoms with Gasteiger partial charge in [0.15, 0.2) is 4.77 Å². The summed E-state index contributed by atoms with van der Waals surface area (Å²) in [5.41, 5.74) is 5.45. The van der Waals surface area contributed by atoms with Crippen LogP contribution in [0.1, 0.15) is 11.1 Å². The highest BCUT2D eigenvalue weighted by molar-refractivity contribution is 7.71. The first-order valence-electron chi connectivity index (χ1n) is 10.4. The van der Waals surface area contributed by atoms with Gasteiger partial charge in [-0.15, -0.1) is 0 Å². The van der Waals surface area contributed by atoms with E-state index in [1.807, 2.05) is 45.2 Å². The predicted octanol–water partition coefficient (Wildman–Crippen LogP) is 3.54. The maximum atomic E-state index is 12.6. The number of piperazine rings is 1. The number of imidazole rings is 1. The number of benzene rings is 2. The minimum Gasteiger partial charge on any atom is -0.324 e. The number of nitrogens with zero attached hydrogens (tertiary/aromatic N) is 4. The van der Waals surface area contributed by atoms with Crippen molar-refractivity contribution in [1.82, 2.24) is 18.9 Å². The van der Waals surface area contributed by atoms with Crippen LogP contribution in [0.4, 0.5) is 5.69 Å². The summed E-state index contributed by atoms with van der Waals surface area (Å²) in [6.07, 6.45) is 0. The van der Waals surface area contributed by atoms with Gasteiger partial charge in [-0.05, 0) is 49.3 Å². The van der Waals surface area contributed by atoms with E-state index in [2.05, 4.69) is 42.4 Å². The number of para-hydroxylation sites is 3. The fourth-order valence-corrected chi connectivity index (χ4v) is 4.44. The molecule has 1 aliphatic rings. The van der Waals surface area contributed by atoms with Gasteiger partial charge in [0, 0.05) is 38.9 Å². The number of nitrogens with one attached hydrogen (secondary N) is 1. The molecule has 1 N–H and O–H groups in total.